The Labute approximate surface area is 122 Å². The normalized spacial score (nSPS) is 10.9. The fraction of sp³-hybridized carbons (Fsp3) is 0. The zero-order valence-electron chi connectivity index (χ0n) is 11.3. The molecule has 0 atom stereocenters. The molecule has 0 amide bonds. The minimum atomic E-state index is 0.186. The summed E-state index contributed by atoms with van der Waals surface area (Å²) < 4.78 is 11.3. The summed E-state index contributed by atoms with van der Waals surface area (Å²) in [5, 5.41) is 2.25. The van der Waals surface area contributed by atoms with Crippen LogP contribution in [0.1, 0.15) is 0 Å². The van der Waals surface area contributed by atoms with Crippen molar-refractivity contribution in [1.82, 2.24) is 9.97 Å². The first-order chi connectivity index (χ1) is 10.4. The highest BCUT2D eigenvalue weighted by molar-refractivity contribution is 6.20. The van der Waals surface area contributed by atoms with Crippen LogP contribution in [0.4, 0.5) is 0 Å². The first-order valence-electron chi connectivity index (χ1n) is 6.78. The summed E-state index contributed by atoms with van der Waals surface area (Å²) in [5.74, 6) is 1.59. The van der Waals surface area contributed by atoms with Gasteiger partial charge in [-0.2, -0.15) is 0 Å². The van der Waals surface area contributed by atoms with Gasteiger partial charge in [-0.25, -0.2) is 0 Å². The van der Waals surface area contributed by atoms with Gasteiger partial charge in [0.2, 0.25) is 0 Å². The number of benzene rings is 2. The van der Waals surface area contributed by atoms with Crippen LogP contribution < -0.4 is 9.31 Å². The SMILES string of the molecule is B(Oc1ccc2[nH]ccc2c1)Oc1ccc2[nH]ccc2c1. The zero-order chi connectivity index (χ0) is 14.1. The lowest BCUT2D eigenvalue weighted by Gasteiger charge is -2.07. The maximum atomic E-state index is 5.64. The standard InChI is InChI=1S/C16H13BN2O2/c1-3-15-11(5-7-18-15)9-13(1)20-17-21-14-2-4-16-12(10-14)6-8-19-16/h1-10,17-19H. The average Bonchev–Trinajstić information content (AvgIpc) is 3.14. The molecule has 5 heteroatoms. The molecule has 0 fully saturated rings. The Morgan fingerprint density at radius 2 is 1.19 bits per heavy atom. The van der Waals surface area contributed by atoms with Crippen LogP contribution in [-0.4, -0.2) is 17.7 Å². The fourth-order valence-corrected chi connectivity index (χ4v) is 2.41. The van der Waals surface area contributed by atoms with Crippen molar-refractivity contribution in [1.29, 1.82) is 0 Å². The monoisotopic (exact) mass is 276 g/mol. The minimum absolute atomic E-state index is 0.186. The van der Waals surface area contributed by atoms with Gasteiger partial charge in [-0.1, -0.05) is 0 Å². The number of fused-ring (bicyclic) bond motifs is 2. The van der Waals surface area contributed by atoms with E-state index in [-0.39, 0.29) is 7.69 Å². The molecule has 2 heterocycles. The summed E-state index contributed by atoms with van der Waals surface area (Å²) in [6.45, 7) is 0. The van der Waals surface area contributed by atoms with E-state index < -0.39 is 0 Å². The molecule has 0 bridgehead atoms. The molecule has 0 saturated heterocycles. The van der Waals surface area contributed by atoms with Crippen LogP contribution in [-0.2, 0) is 0 Å². The number of H-pyrrole nitrogens is 2. The molecule has 0 unspecified atom stereocenters. The molecule has 2 aromatic heterocycles. The van der Waals surface area contributed by atoms with Gasteiger partial charge in [0.15, 0.2) is 0 Å². The van der Waals surface area contributed by atoms with E-state index >= 15 is 0 Å². The Bertz CT molecular complexity index is 823. The highest BCUT2D eigenvalue weighted by Crippen LogP contribution is 2.21. The molecule has 21 heavy (non-hydrogen) atoms. The Hall–Kier alpha value is -2.82. The van der Waals surface area contributed by atoms with Gasteiger partial charge in [-0.15, -0.1) is 0 Å². The Kier molecular flexibility index (Phi) is 2.82. The van der Waals surface area contributed by atoms with Crippen molar-refractivity contribution >= 4 is 29.5 Å². The summed E-state index contributed by atoms with van der Waals surface area (Å²) in [5.41, 5.74) is 2.20. The third kappa shape index (κ3) is 2.34. The molecular formula is C16H13BN2O2. The quantitative estimate of drug-likeness (QED) is 0.561. The third-order valence-electron chi connectivity index (χ3n) is 3.50. The molecule has 0 aliphatic carbocycles. The summed E-state index contributed by atoms with van der Waals surface area (Å²) in [6, 6.07) is 15.9. The summed E-state index contributed by atoms with van der Waals surface area (Å²) in [6.07, 6.45) is 3.83. The van der Waals surface area contributed by atoms with Gasteiger partial charge in [-0.3, -0.25) is 0 Å². The molecule has 4 nitrogen and oxygen atoms in total. The van der Waals surface area contributed by atoms with Gasteiger partial charge in [0.25, 0.3) is 0 Å². The first-order valence-corrected chi connectivity index (χ1v) is 6.78. The number of rotatable bonds is 4. The summed E-state index contributed by atoms with van der Waals surface area (Å²) in [4.78, 5) is 6.31. The number of aromatic nitrogens is 2. The van der Waals surface area contributed by atoms with Crippen molar-refractivity contribution in [3.63, 3.8) is 0 Å². The van der Waals surface area contributed by atoms with Crippen LogP contribution in [0, 0.1) is 0 Å². The zero-order valence-corrected chi connectivity index (χ0v) is 11.3. The van der Waals surface area contributed by atoms with Gasteiger partial charge in [0.1, 0.15) is 11.5 Å². The van der Waals surface area contributed by atoms with Crippen LogP contribution in [0.15, 0.2) is 60.9 Å². The predicted molar refractivity (Wildman–Crippen MR) is 85.0 cm³/mol. The van der Waals surface area contributed by atoms with Crippen LogP contribution in [0.25, 0.3) is 21.8 Å². The lowest BCUT2D eigenvalue weighted by molar-refractivity contribution is 0.460. The van der Waals surface area contributed by atoms with Crippen molar-refractivity contribution in [2.24, 2.45) is 0 Å². The van der Waals surface area contributed by atoms with Crippen LogP contribution >= 0.6 is 0 Å². The van der Waals surface area contributed by atoms with Crippen molar-refractivity contribution in [3.05, 3.63) is 60.9 Å². The second-order valence-electron chi connectivity index (χ2n) is 4.86. The van der Waals surface area contributed by atoms with E-state index in [2.05, 4.69) is 9.97 Å². The van der Waals surface area contributed by atoms with Crippen molar-refractivity contribution < 1.29 is 9.31 Å². The van der Waals surface area contributed by atoms with E-state index in [1.54, 1.807) is 0 Å². The van der Waals surface area contributed by atoms with E-state index in [0.717, 1.165) is 33.3 Å². The maximum Gasteiger partial charge on any atom is 0.576 e. The van der Waals surface area contributed by atoms with Crippen molar-refractivity contribution in [2.75, 3.05) is 0 Å². The molecule has 0 aliphatic rings. The molecule has 0 aliphatic heterocycles. The van der Waals surface area contributed by atoms with E-state index in [4.69, 9.17) is 9.31 Å². The number of hydrogen-bond acceptors (Lipinski definition) is 2. The molecule has 102 valence electrons. The number of hydrogen-bond donors (Lipinski definition) is 2. The Morgan fingerprint density at radius 1 is 0.667 bits per heavy atom. The van der Waals surface area contributed by atoms with E-state index in [1.807, 2.05) is 60.9 Å². The lowest BCUT2D eigenvalue weighted by Crippen LogP contribution is -2.10. The molecule has 2 N–H and O–H groups in total. The molecule has 4 aromatic rings. The third-order valence-corrected chi connectivity index (χ3v) is 3.50. The van der Waals surface area contributed by atoms with E-state index in [0.29, 0.717) is 0 Å². The lowest BCUT2D eigenvalue weighted by atomic mass is 10.2. The Morgan fingerprint density at radius 3 is 1.71 bits per heavy atom. The largest absolute Gasteiger partial charge is 0.576 e. The Balaban J connectivity index is 1.44. The summed E-state index contributed by atoms with van der Waals surface area (Å²) >= 11 is 0. The second kappa shape index (κ2) is 4.94. The molecule has 0 spiro atoms. The van der Waals surface area contributed by atoms with Crippen LogP contribution in [0.5, 0.6) is 11.5 Å². The summed E-state index contributed by atoms with van der Waals surface area (Å²) in [7, 11) is 0.186. The molecule has 4 rings (SSSR count). The predicted octanol–water partition coefficient (Wildman–Crippen LogP) is 3.37. The minimum Gasteiger partial charge on any atom is -0.529 e. The maximum absolute atomic E-state index is 5.64. The van der Waals surface area contributed by atoms with Gasteiger partial charge >= 0.3 is 7.69 Å². The smallest absolute Gasteiger partial charge is 0.529 e. The topological polar surface area (TPSA) is 50.0 Å². The van der Waals surface area contributed by atoms with E-state index in [9.17, 15) is 0 Å². The number of nitrogens with one attached hydrogen (secondary N) is 2. The fourth-order valence-electron chi connectivity index (χ4n) is 2.41. The van der Waals surface area contributed by atoms with Crippen LogP contribution in [0.2, 0.25) is 0 Å². The van der Waals surface area contributed by atoms with Crippen molar-refractivity contribution in [3.8, 4) is 11.5 Å². The van der Waals surface area contributed by atoms with E-state index in [1.165, 1.54) is 0 Å². The highest BCUT2D eigenvalue weighted by atomic mass is 16.6. The van der Waals surface area contributed by atoms with Crippen molar-refractivity contribution in [2.45, 2.75) is 0 Å². The first kappa shape index (κ1) is 12.0. The van der Waals surface area contributed by atoms with Gasteiger partial charge in [0.05, 0.1) is 0 Å². The molecule has 0 radical (unpaired) electrons. The molecule has 0 saturated carbocycles. The van der Waals surface area contributed by atoms with Gasteiger partial charge in [0, 0.05) is 34.2 Å². The van der Waals surface area contributed by atoms with Gasteiger partial charge in [-0.05, 0) is 48.5 Å². The molecular weight excluding hydrogens is 263 g/mol. The second-order valence-corrected chi connectivity index (χ2v) is 4.86. The van der Waals surface area contributed by atoms with Gasteiger partial charge < -0.3 is 19.3 Å². The highest BCUT2D eigenvalue weighted by Gasteiger charge is 2.03. The molecule has 2 aromatic carbocycles. The van der Waals surface area contributed by atoms with Crippen LogP contribution in [0.3, 0.4) is 0 Å². The number of aromatic amines is 2. The average molecular weight is 276 g/mol.